The molecular formula is C12H12Cl2N4S. The molecule has 19 heavy (non-hydrogen) atoms. The Hall–Kier alpha value is -1.30. The van der Waals surface area contributed by atoms with Crippen LogP contribution in [-0.4, -0.2) is 14.7 Å². The fourth-order valence-electron chi connectivity index (χ4n) is 1.47. The Morgan fingerprint density at radius 3 is 2.58 bits per heavy atom. The van der Waals surface area contributed by atoms with E-state index in [2.05, 4.69) is 15.6 Å². The van der Waals surface area contributed by atoms with Gasteiger partial charge in [0.2, 0.25) is 0 Å². The SMILES string of the molecule is Cc1nc(NC(=S)Nc2ccc(Cl)c(Cl)c2)cn1C. The second-order valence-electron chi connectivity index (χ2n) is 3.99. The van der Waals surface area contributed by atoms with E-state index in [0.717, 1.165) is 11.5 Å². The normalized spacial score (nSPS) is 10.3. The summed E-state index contributed by atoms with van der Waals surface area (Å²) in [4.78, 5) is 4.30. The molecule has 0 saturated carbocycles. The van der Waals surface area contributed by atoms with Gasteiger partial charge in [-0.1, -0.05) is 23.2 Å². The zero-order valence-corrected chi connectivity index (χ0v) is 12.7. The number of thiocarbonyl (C=S) groups is 1. The molecule has 1 aromatic carbocycles. The Balaban J connectivity index is 2.03. The van der Waals surface area contributed by atoms with Gasteiger partial charge in [0.25, 0.3) is 0 Å². The fourth-order valence-corrected chi connectivity index (χ4v) is 1.99. The van der Waals surface area contributed by atoms with Gasteiger partial charge in [0.1, 0.15) is 5.82 Å². The number of nitrogens with one attached hydrogen (secondary N) is 2. The lowest BCUT2D eigenvalue weighted by molar-refractivity contribution is 0.858. The lowest BCUT2D eigenvalue weighted by atomic mass is 10.3. The van der Waals surface area contributed by atoms with Gasteiger partial charge in [0.05, 0.1) is 10.0 Å². The lowest BCUT2D eigenvalue weighted by Gasteiger charge is -2.09. The van der Waals surface area contributed by atoms with Crippen LogP contribution < -0.4 is 10.6 Å². The maximum absolute atomic E-state index is 5.93. The van der Waals surface area contributed by atoms with Crippen LogP contribution in [0.15, 0.2) is 24.4 Å². The van der Waals surface area contributed by atoms with Crippen molar-refractivity contribution in [2.24, 2.45) is 7.05 Å². The molecule has 0 saturated heterocycles. The summed E-state index contributed by atoms with van der Waals surface area (Å²) in [7, 11) is 1.92. The topological polar surface area (TPSA) is 41.9 Å². The Morgan fingerprint density at radius 2 is 2.00 bits per heavy atom. The van der Waals surface area contributed by atoms with Gasteiger partial charge in [-0.2, -0.15) is 0 Å². The zero-order valence-electron chi connectivity index (χ0n) is 10.4. The van der Waals surface area contributed by atoms with Crippen LogP contribution in [0.25, 0.3) is 0 Å². The minimum atomic E-state index is 0.441. The minimum absolute atomic E-state index is 0.441. The molecule has 1 heterocycles. The molecule has 0 atom stereocenters. The summed E-state index contributed by atoms with van der Waals surface area (Å²) in [6.07, 6.45) is 1.86. The number of hydrogen-bond acceptors (Lipinski definition) is 2. The summed E-state index contributed by atoms with van der Waals surface area (Å²) in [5.41, 5.74) is 0.763. The first kappa shape index (κ1) is 14.1. The molecule has 0 amide bonds. The Morgan fingerprint density at radius 1 is 1.26 bits per heavy atom. The number of benzene rings is 1. The monoisotopic (exact) mass is 314 g/mol. The molecule has 0 unspecified atom stereocenters. The Bertz CT molecular complexity index is 605. The van der Waals surface area contributed by atoms with Gasteiger partial charge < -0.3 is 15.2 Å². The van der Waals surface area contributed by atoms with Crippen molar-refractivity contribution in [3.05, 3.63) is 40.3 Å². The van der Waals surface area contributed by atoms with Crippen molar-refractivity contribution in [2.45, 2.75) is 6.92 Å². The molecule has 4 nitrogen and oxygen atoms in total. The van der Waals surface area contributed by atoms with Crippen LogP contribution in [0.2, 0.25) is 10.0 Å². The number of halogens is 2. The van der Waals surface area contributed by atoms with Gasteiger partial charge in [0, 0.05) is 18.9 Å². The van der Waals surface area contributed by atoms with E-state index in [0.29, 0.717) is 21.0 Å². The maximum atomic E-state index is 5.93. The number of anilines is 2. The van der Waals surface area contributed by atoms with E-state index in [1.807, 2.05) is 24.7 Å². The first-order chi connectivity index (χ1) is 8.95. The average molecular weight is 315 g/mol. The summed E-state index contributed by atoms with van der Waals surface area (Å²) < 4.78 is 1.91. The van der Waals surface area contributed by atoms with E-state index in [4.69, 9.17) is 35.4 Å². The van der Waals surface area contributed by atoms with Crippen molar-refractivity contribution in [1.82, 2.24) is 9.55 Å². The van der Waals surface area contributed by atoms with Gasteiger partial charge in [-0.25, -0.2) is 4.98 Å². The Kier molecular flexibility index (Phi) is 4.29. The summed E-state index contributed by atoms with van der Waals surface area (Å²) in [5, 5.41) is 7.44. The molecule has 0 spiro atoms. The van der Waals surface area contributed by atoms with Crippen molar-refractivity contribution in [2.75, 3.05) is 10.6 Å². The molecule has 2 N–H and O–H groups in total. The molecule has 100 valence electrons. The molecular weight excluding hydrogens is 303 g/mol. The largest absolute Gasteiger partial charge is 0.336 e. The summed E-state index contributed by atoms with van der Waals surface area (Å²) >= 11 is 17.0. The number of imidazole rings is 1. The van der Waals surface area contributed by atoms with Crippen molar-refractivity contribution in [1.29, 1.82) is 0 Å². The smallest absolute Gasteiger partial charge is 0.176 e. The van der Waals surface area contributed by atoms with Crippen molar-refractivity contribution >= 4 is 52.0 Å². The van der Waals surface area contributed by atoms with E-state index in [1.54, 1.807) is 18.2 Å². The summed E-state index contributed by atoms with van der Waals surface area (Å²) in [6, 6.07) is 5.22. The average Bonchev–Trinajstić information content (AvgIpc) is 2.63. The third kappa shape index (κ3) is 3.59. The molecule has 0 bridgehead atoms. The third-order valence-corrected chi connectivity index (χ3v) is 3.47. The highest BCUT2D eigenvalue weighted by atomic mass is 35.5. The maximum Gasteiger partial charge on any atom is 0.176 e. The molecule has 1 aromatic heterocycles. The van der Waals surface area contributed by atoms with E-state index in [-0.39, 0.29) is 0 Å². The standard InChI is InChI=1S/C12H12Cl2N4S/c1-7-15-11(6-18(7)2)17-12(19)16-8-3-4-9(13)10(14)5-8/h3-6H,1-2H3,(H2,16,17,19). The van der Waals surface area contributed by atoms with Gasteiger partial charge in [-0.15, -0.1) is 0 Å². The van der Waals surface area contributed by atoms with E-state index < -0.39 is 0 Å². The highest BCUT2D eigenvalue weighted by Crippen LogP contribution is 2.25. The van der Waals surface area contributed by atoms with E-state index in [9.17, 15) is 0 Å². The first-order valence-electron chi connectivity index (χ1n) is 5.49. The van der Waals surface area contributed by atoms with E-state index in [1.165, 1.54) is 0 Å². The number of aromatic nitrogens is 2. The molecule has 0 aliphatic heterocycles. The van der Waals surface area contributed by atoms with Gasteiger partial charge in [-0.05, 0) is 37.3 Å². The molecule has 0 fully saturated rings. The number of rotatable bonds is 2. The van der Waals surface area contributed by atoms with Crippen LogP contribution in [0.5, 0.6) is 0 Å². The van der Waals surface area contributed by atoms with Crippen molar-refractivity contribution in [3.8, 4) is 0 Å². The second kappa shape index (κ2) is 5.77. The highest BCUT2D eigenvalue weighted by Gasteiger charge is 2.05. The van der Waals surface area contributed by atoms with Gasteiger partial charge in [-0.3, -0.25) is 0 Å². The minimum Gasteiger partial charge on any atom is -0.336 e. The Labute approximate surface area is 126 Å². The van der Waals surface area contributed by atoms with Crippen LogP contribution in [0.3, 0.4) is 0 Å². The summed E-state index contributed by atoms with van der Waals surface area (Å²) in [6.45, 7) is 1.92. The molecule has 0 aliphatic rings. The van der Waals surface area contributed by atoms with Crippen molar-refractivity contribution in [3.63, 3.8) is 0 Å². The third-order valence-electron chi connectivity index (χ3n) is 2.53. The van der Waals surface area contributed by atoms with Crippen LogP contribution in [-0.2, 0) is 7.05 Å². The fraction of sp³-hybridized carbons (Fsp3) is 0.167. The van der Waals surface area contributed by atoms with Gasteiger partial charge in [0.15, 0.2) is 10.9 Å². The predicted octanol–water partition coefficient (Wildman–Crippen LogP) is 3.84. The molecule has 2 rings (SSSR count). The predicted molar refractivity (Wildman–Crippen MR) is 84.3 cm³/mol. The van der Waals surface area contributed by atoms with Crippen LogP contribution >= 0.6 is 35.4 Å². The lowest BCUT2D eigenvalue weighted by Crippen LogP contribution is -2.19. The van der Waals surface area contributed by atoms with Crippen LogP contribution in [0.1, 0.15) is 5.82 Å². The second-order valence-corrected chi connectivity index (χ2v) is 5.21. The number of aryl methyl sites for hydroxylation is 2. The van der Waals surface area contributed by atoms with Crippen LogP contribution in [0.4, 0.5) is 11.5 Å². The quantitative estimate of drug-likeness (QED) is 0.826. The molecule has 7 heteroatoms. The zero-order chi connectivity index (χ0) is 14.0. The van der Waals surface area contributed by atoms with Crippen LogP contribution in [0, 0.1) is 6.92 Å². The summed E-state index contributed by atoms with van der Waals surface area (Å²) in [5.74, 6) is 1.59. The van der Waals surface area contributed by atoms with E-state index >= 15 is 0 Å². The van der Waals surface area contributed by atoms with Crippen molar-refractivity contribution < 1.29 is 0 Å². The number of hydrogen-bond donors (Lipinski definition) is 2. The molecule has 2 aromatic rings. The van der Waals surface area contributed by atoms with Gasteiger partial charge >= 0.3 is 0 Å². The molecule has 0 aliphatic carbocycles. The molecule has 0 radical (unpaired) electrons. The first-order valence-corrected chi connectivity index (χ1v) is 6.65. The highest BCUT2D eigenvalue weighted by molar-refractivity contribution is 7.80. The number of nitrogens with zero attached hydrogens (tertiary/aromatic N) is 2.